The van der Waals surface area contributed by atoms with Crippen molar-refractivity contribution in [3.63, 3.8) is 0 Å². The Hall–Kier alpha value is -2.49. The van der Waals surface area contributed by atoms with Crippen molar-refractivity contribution in [2.45, 2.75) is 43.7 Å². The van der Waals surface area contributed by atoms with E-state index in [1.807, 2.05) is 0 Å². The molecule has 3 fully saturated rings. The number of ether oxygens (including phenoxy) is 5. The van der Waals surface area contributed by atoms with Crippen LogP contribution in [0.4, 0.5) is 4.79 Å². The van der Waals surface area contributed by atoms with Crippen LogP contribution in [0.15, 0.2) is 35.3 Å². The van der Waals surface area contributed by atoms with Gasteiger partial charge in [-0.3, -0.25) is 10.3 Å². The van der Waals surface area contributed by atoms with Gasteiger partial charge < -0.3 is 23.7 Å². The molecule has 27 heavy (non-hydrogen) atoms. The predicted octanol–water partition coefficient (Wildman–Crippen LogP) is 1.23. The van der Waals surface area contributed by atoms with Crippen molar-refractivity contribution in [2.75, 3.05) is 13.7 Å². The van der Waals surface area contributed by atoms with E-state index in [2.05, 4.69) is 10.3 Å². The molecule has 0 bridgehead atoms. The fourth-order valence-corrected chi connectivity index (χ4v) is 3.60. The van der Waals surface area contributed by atoms with Crippen molar-refractivity contribution in [3.8, 4) is 0 Å². The second-order valence-corrected chi connectivity index (χ2v) is 6.89. The largest absolute Gasteiger partial charge is 0.459 e. The fraction of sp³-hybridized carbons (Fsp3) is 0.500. The second-order valence-electron chi connectivity index (χ2n) is 6.89. The summed E-state index contributed by atoms with van der Waals surface area (Å²) in [7, 11) is 1.52. The number of fused-ring (bicyclic) bond motifs is 2. The molecule has 0 aromatic heterocycles. The number of nitrogens with one attached hydrogen (secondary N) is 1. The molecule has 144 valence electrons. The van der Waals surface area contributed by atoms with E-state index in [0.29, 0.717) is 5.56 Å². The van der Waals surface area contributed by atoms with E-state index in [1.165, 1.54) is 7.05 Å². The molecule has 9 heteroatoms. The number of amidine groups is 1. The van der Waals surface area contributed by atoms with E-state index in [1.54, 1.807) is 44.2 Å². The fourth-order valence-electron chi connectivity index (χ4n) is 3.60. The molecule has 0 radical (unpaired) electrons. The number of rotatable bonds is 3. The summed E-state index contributed by atoms with van der Waals surface area (Å²) in [5, 5.41) is 2.56. The lowest BCUT2D eigenvalue weighted by molar-refractivity contribution is -0.223. The predicted molar refractivity (Wildman–Crippen MR) is 91.1 cm³/mol. The summed E-state index contributed by atoms with van der Waals surface area (Å²) in [4.78, 5) is 28.4. The number of hydrogen-bond donors (Lipinski definition) is 1. The third kappa shape index (κ3) is 2.88. The first-order valence-electron chi connectivity index (χ1n) is 8.56. The normalized spacial score (nSPS) is 35.1. The van der Waals surface area contributed by atoms with Crippen LogP contribution in [0, 0.1) is 0 Å². The maximum absolute atomic E-state index is 12.3. The van der Waals surface area contributed by atoms with Crippen molar-refractivity contribution in [1.29, 1.82) is 0 Å². The number of amides is 1. The van der Waals surface area contributed by atoms with Gasteiger partial charge >= 0.3 is 12.1 Å². The first-order valence-corrected chi connectivity index (χ1v) is 8.56. The van der Waals surface area contributed by atoms with Gasteiger partial charge in [0.15, 0.2) is 24.0 Å². The third-order valence-electron chi connectivity index (χ3n) is 4.71. The smallest absolute Gasteiger partial charge is 0.413 e. The number of carbonyl (C=O) groups excluding carboxylic acids is 2. The minimum absolute atomic E-state index is 0.165. The molecule has 1 spiro atoms. The highest BCUT2D eigenvalue weighted by Gasteiger charge is 2.71. The molecule has 9 nitrogen and oxygen atoms in total. The average Bonchev–Trinajstić information content (AvgIpc) is 3.23. The quantitative estimate of drug-likeness (QED) is 0.791. The molecule has 1 aromatic rings. The summed E-state index contributed by atoms with van der Waals surface area (Å²) in [5.74, 6) is -1.18. The minimum Gasteiger partial charge on any atom is -0.459 e. The molecule has 4 atom stereocenters. The molecule has 3 saturated heterocycles. The van der Waals surface area contributed by atoms with Crippen LogP contribution in [-0.2, 0) is 23.7 Å². The van der Waals surface area contributed by atoms with Crippen LogP contribution < -0.4 is 5.32 Å². The maximum Gasteiger partial charge on any atom is 0.413 e. The lowest BCUT2D eigenvalue weighted by Gasteiger charge is -2.32. The lowest BCUT2D eigenvalue weighted by Crippen LogP contribution is -2.56. The number of nitrogens with zero attached hydrogens (tertiary/aromatic N) is 1. The molecule has 1 N–H and O–H groups in total. The number of benzene rings is 1. The van der Waals surface area contributed by atoms with Gasteiger partial charge in [0, 0.05) is 7.05 Å². The Morgan fingerprint density at radius 1 is 1.26 bits per heavy atom. The maximum atomic E-state index is 12.3. The van der Waals surface area contributed by atoms with Crippen LogP contribution in [-0.4, -0.2) is 61.4 Å². The Labute approximate surface area is 155 Å². The van der Waals surface area contributed by atoms with Crippen LogP contribution in [0.2, 0.25) is 0 Å². The minimum atomic E-state index is -1.37. The third-order valence-corrected chi connectivity index (χ3v) is 4.71. The highest BCUT2D eigenvalue weighted by atomic mass is 16.8. The van der Waals surface area contributed by atoms with Crippen LogP contribution in [0.25, 0.3) is 0 Å². The zero-order valence-corrected chi connectivity index (χ0v) is 15.1. The van der Waals surface area contributed by atoms with Gasteiger partial charge in [-0.05, 0) is 26.0 Å². The molecule has 3 aliphatic rings. The van der Waals surface area contributed by atoms with E-state index >= 15 is 0 Å². The summed E-state index contributed by atoms with van der Waals surface area (Å²) in [6.45, 7) is 3.31. The molecule has 3 aliphatic heterocycles. The monoisotopic (exact) mass is 376 g/mol. The van der Waals surface area contributed by atoms with Crippen molar-refractivity contribution < 1.29 is 33.3 Å². The first-order chi connectivity index (χ1) is 12.9. The van der Waals surface area contributed by atoms with Gasteiger partial charge in [0.25, 0.3) is 0 Å². The highest BCUT2D eigenvalue weighted by Crippen LogP contribution is 2.47. The van der Waals surface area contributed by atoms with E-state index < -0.39 is 41.9 Å². The summed E-state index contributed by atoms with van der Waals surface area (Å²) >= 11 is 0. The number of hydrogen-bond acceptors (Lipinski definition) is 8. The molecule has 3 heterocycles. The Balaban J connectivity index is 1.59. The Kier molecular flexibility index (Phi) is 4.17. The Morgan fingerprint density at radius 2 is 2.00 bits per heavy atom. The van der Waals surface area contributed by atoms with E-state index in [0.717, 1.165) is 0 Å². The van der Waals surface area contributed by atoms with Gasteiger partial charge in [-0.15, -0.1) is 0 Å². The van der Waals surface area contributed by atoms with Gasteiger partial charge in [-0.1, -0.05) is 18.2 Å². The number of carbonyl (C=O) groups is 2. The molecule has 1 aromatic carbocycles. The molecule has 0 aliphatic carbocycles. The summed E-state index contributed by atoms with van der Waals surface area (Å²) in [5.41, 5.74) is -0.967. The van der Waals surface area contributed by atoms with Crippen molar-refractivity contribution >= 4 is 17.9 Å². The van der Waals surface area contributed by atoms with Crippen LogP contribution in [0.1, 0.15) is 24.2 Å². The number of aliphatic imine (C=N–C) groups is 1. The van der Waals surface area contributed by atoms with Gasteiger partial charge in [0.2, 0.25) is 5.60 Å². The van der Waals surface area contributed by atoms with Gasteiger partial charge in [0.05, 0.1) is 5.56 Å². The van der Waals surface area contributed by atoms with Crippen molar-refractivity contribution in [2.24, 2.45) is 4.99 Å². The molecule has 4 rings (SSSR count). The molecule has 4 unspecified atom stereocenters. The number of esters is 1. The van der Waals surface area contributed by atoms with E-state index in [4.69, 9.17) is 23.7 Å². The molecule has 0 saturated carbocycles. The second kappa shape index (κ2) is 6.29. The average molecular weight is 376 g/mol. The van der Waals surface area contributed by atoms with Crippen LogP contribution in [0.5, 0.6) is 0 Å². The van der Waals surface area contributed by atoms with Crippen LogP contribution in [0.3, 0.4) is 0 Å². The lowest BCUT2D eigenvalue weighted by atomic mass is 9.91. The Morgan fingerprint density at radius 3 is 2.70 bits per heavy atom. The van der Waals surface area contributed by atoms with Gasteiger partial charge in [-0.2, -0.15) is 0 Å². The molecular weight excluding hydrogens is 356 g/mol. The van der Waals surface area contributed by atoms with Gasteiger partial charge in [-0.25, -0.2) is 9.59 Å². The standard InChI is InChI=1S/C18H20N2O7/c1-17(2)25-12-14(26-17)24-11(18(12)15(19-3)20-16(22)27-18)9-23-13(21)10-7-5-4-6-8-10/h4-8,11-12,14H,9H2,1-3H3,(H,19,20,22). The number of alkyl carbamates (subject to hydrolysis) is 1. The van der Waals surface area contributed by atoms with Crippen molar-refractivity contribution in [3.05, 3.63) is 35.9 Å². The van der Waals surface area contributed by atoms with Gasteiger partial charge in [0.1, 0.15) is 12.7 Å². The zero-order valence-electron chi connectivity index (χ0n) is 15.1. The SMILES string of the molecule is CN=C1NC(=O)OC12C(COC(=O)c1ccccc1)OC1OC(C)(C)OC12. The summed E-state index contributed by atoms with van der Waals surface area (Å²) < 4.78 is 28.5. The Bertz CT molecular complexity index is 794. The first kappa shape index (κ1) is 17.9. The molecular formula is C18H20N2O7. The molecule has 1 amide bonds. The van der Waals surface area contributed by atoms with Crippen molar-refractivity contribution in [1.82, 2.24) is 5.32 Å². The summed E-state index contributed by atoms with van der Waals surface area (Å²) in [6, 6.07) is 8.57. The zero-order chi connectivity index (χ0) is 19.2. The van der Waals surface area contributed by atoms with E-state index in [9.17, 15) is 9.59 Å². The van der Waals surface area contributed by atoms with E-state index in [-0.39, 0.29) is 12.4 Å². The summed E-state index contributed by atoms with van der Waals surface area (Å²) in [6.07, 6.45) is -3.04. The topological polar surface area (TPSA) is 105 Å². The van der Waals surface area contributed by atoms with Crippen LogP contribution >= 0.6 is 0 Å². The highest BCUT2D eigenvalue weighted by molar-refractivity contribution is 6.07.